The number of unbranched alkanes of at least 4 members (excludes halogenated alkanes) is 1. The molecule has 2 aromatic carbocycles. The molecule has 0 radical (unpaired) electrons. The molecule has 0 aliphatic rings. The first-order chi connectivity index (χ1) is 13.1. The van der Waals surface area contributed by atoms with E-state index >= 15 is 0 Å². The zero-order valence-electron chi connectivity index (χ0n) is 16.6. The van der Waals surface area contributed by atoms with Crippen molar-refractivity contribution >= 4 is 30.7 Å². The number of halogens is 2. The molecule has 162 valence electrons. The van der Waals surface area contributed by atoms with Gasteiger partial charge in [0.15, 0.2) is 11.5 Å². The summed E-state index contributed by atoms with van der Waals surface area (Å²) >= 11 is 0. The number of rotatable bonds is 10. The summed E-state index contributed by atoms with van der Waals surface area (Å²) in [6.45, 7) is 1.44. The smallest absolute Gasteiger partial charge is 0.251 e. The molecule has 0 saturated heterocycles. The molecule has 5 N–H and O–H groups in total. The Balaban J connectivity index is 0.00000392. The average molecular weight is 446 g/mol. The van der Waals surface area contributed by atoms with Gasteiger partial charge in [0.05, 0.1) is 19.8 Å². The monoisotopic (exact) mass is 445 g/mol. The van der Waals surface area contributed by atoms with Gasteiger partial charge in [0.1, 0.15) is 11.5 Å². The van der Waals surface area contributed by atoms with Crippen LogP contribution in [0.4, 0.5) is 0 Å². The summed E-state index contributed by atoms with van der Waals surface area (Å²) in [7, 11) is 3.12. The molecule has 1 amide bonds. The van der Waals surface area contributed by atoms with Crippen molar-refractivity contribution in [2.75, 3.05) is 27.3 Å². The first kappa shape index (κ1) is 26.8. The summed E-state index contributed by atoms with van der Waals surface area (Å²) < 4.78 is 16.7. The lowest BCUT2D eigenvalue weighted by molar-refractivity contribution is 0.0952. The summed E-state index contributed by atoms with van der Waals surface area (Å²) in [6.07, 6.45) is 1.71. The molecule has 0 bridgehead atoms. The molecule has 0 heterocycles. The second kappa shape index (κ2) is 13.9. The second-order valence-corrected chi connectivity index (χ2v) is 5.86. The lowest BCUT2D eigenvalue weighted by Gasteiger charge is -2.16. The topological polar surface area (TPSA) is 109 Å². The van der Waals surface area contributed by atoms with E-state index < -0.39 is 0 Å². The zero-order valence-corrected chi connectivity index (χ0v) is 18.2. The molecule has 29 heavy (non-hydrogen) atoms. The van der Waals surface area contributed by atoms with Gasteiger partial charge in [-0.2, -0.15) is 0 Å². The molecular formula is C20H29Cl2N3O4. The first-order valence-electron chi connectivity index (χ1n) is 8.84. The van der Waals surface area contributed by atoms with Gasteiger partial charge in [0, 0.05) is 18.7 Å². The van der Waals surface area contributed by atoms with Crippen molar-refractivity contribution < 1.29 is 19.0 Å². The van der Waals surface area contributed by atoms with Gasteiger partial charge >= 0.3 is 0 Å². The second-order valence-electron chi connectivity index (χ2n) is 5.86. The molecule has 0 aromatic heterocycles. The summed E-state index contributed by atoms with van der Waals surface area (Å²) in [6, 6.07) is 10.5. The van der Waals surface area contributed by atoms with E-state index in [0.29, 0.717) is 41.7 Å². The van der Waals surface area contributed by atoms with Crippen LogP contribution in [-0.4, -0.2) is 33.2 Å². The van der Waals surface area contributed by atoms with Crippen LogP contribution in [0, 0.1) is 0 Å². The molecule has 0 atom stereocenters. The molecule has 2 rings (SSSR count). The lowest BCUT2D eigenvalue weighted by Crippen LogP contribution is -2.24. The minimum absolute atomic E-state index is 0. The van der Waals surface area contributed by atoms with E-state index in [1.807, 2.05) is 12.1 Å². The molecular weight excluding hydrogens is 417 g/mol. The average Bonchev–Trinajstić information content (AvgIpc) is 2.70. The number of ether oxygens (including phenoxy) is 3. The Labute approximate surface area is 183 Å². The highest BCUT2D eigenvalue weighted by Gasteiger charge is 2.15. The molecule has 0 aliphatic heterocycles. The van der Waals surface area contributed by atoms with E-state index in [4.69, 9.17) is 25.7 Å². The largest absolute Gasteiger partial charge is 0.496 e. The highest BCUT2D eigenvalue weighted by atomic mass is 35.5. The van der Waals surface area contributed by atoms with Crippen molar-refractivity contribution in [3.05, 3.63) is 47.5 Å². The Hall–Kier alpha value is -2.19. The number of amides is 1. The van der Waals surface area contributed by atoms with Crippen LogP contribution in [0.3, 0.4) is 0 Å². The van der Waals surface area contributed by atoms with Crippen LogP contribution in [0.15, 0.2) is 36.4 Å². The Morgan fingerprint density at radius 2 is 1.62 bits per heavy atom. The number of carbonyl (C=O) groups is 1. The SMILES string of the molecule is COc1ccc(C(=O)NCCCCN)cc1Oc1cccc(OC)c1CN.Cl.Cl. The van der Waals surface area contributed by atoms with Crippen molar-refractivity contribution in [2.24, 2.45) is 11.5 Å². The third-order valence-corrected chi connectivity index (χ3v) is 4.08. The van der Waals surface area contributed by atoms with E-state index in [1.165, 1.54) is 0 Å². The molecule has 0 spiro atoms. The maximum atomic E-state index is 12.4. The maximum absolute atomic E-state index is 12.4. The van der Waals surface area contributed by atoms with E-state index in [9.17, 15) is 4.79 Å². The van der Waals surface area contributed by atoms with Crippen molar-refractivity contribution in [3.8, 4) is 23.0 Å². The van der Waals surface area contributed by atoms with Gasteiger partial charge in [-0.15, -0.1) is 24.8 Å². The van der Waals surface area contributed by atoms with Crippen LogP contribution in [0.25, 0.3) is 0 Å². The Morgan fingerprint density at radius 3 is 2.24 bits per heavy atom. The zero-order chi connectivity index (χ0) is 19.6. The number of nitrogens with two attached hydrogens (primary N) is 2. The fraction of sp³-hybridized carbons (Fsp3) is 0.350. The molecule has 0 aliphatic carbocycles. The third-order valence-electron chi connectivity index (χ3n) is 4.08. The minimum atomic E-state index is -0.177. The standard InChI is InChI=1S/C20H27N3O4.2ClH/c1-25-16-6-5-7-17(15(16)13-22)27-19-12-14(8-9-18(19)26-2)20(24)23-11-4-3-10-21;;/h5-9,12H,3-4,10-11,13,21-22H2,1-2H3,(H,23,24);2*1H. The molecule has 9 heteroatoms. The van der Waals surface area contributed by atoms with Gasteiger partial charge in [0.2, 0.25) is 0 Å². The first-order valence-corrected chi connectivity index (χ1v) is 8.84. The number of methoxy groups -OCH3 is 2. The van der Waals surface area contributed by atoms with E-state index in [0.717, 1.165) is 18.4 Å². The van der Waals surface area contributed by atoms with E-state index in [-0.39, 0.29) is 37.3 Å². The number of nitrogens with one attached hydrogen (secondary N) is 1. The lowest BCUT2D eigenvalue weighted by atomic mass is 10.1. The van der Waals surface area contributed by atoms with Crippen LogP contribution in [-0.2, 0) is 6.54 Å². The van der Waals surface area contributed by atoms with Crippen molar-refractivity contribution in [3.63, 3.8) is 0 Å². The van der Waals surface area contributed by atoms with E-state index in [2.05, 4.69) is 5.32 Å². The van der Waals surface area contributed by atoms with Gasteiger partial charge in [0.25, 0.3) is 5.91 Å². The fourth-order valence-corrected chi connectivity index (χ4v) is 2.62. The predicted octanol–water partition coefficient (Wildman–Crippen LogP) is 3.27. The predicted molar refractivity (Wildman–Crippen MR) is 119 cm³/mol. The van der Waals surface area contributed by atoms with Gasteiger partial charge < -0.3 is 31.0 Å². The molecule has 0 saturated carbocycles. The van der Waals surface area contributed by atoms with Crippen molar-refractivity contribution in [2.45, 2.75) is 19.4 Å². The van der Waals surface area contributed by atoms with Crippen molar-refractivity contribution in [1.82, 2.24) is 5.32 Å². The molecule has 7 nitrogen and oxygen atoms in total. The van der Waals surface area contributed by atoms with Crippen LogP contribution in [0.5, 0.6) is 23.0 Å². The molecule has 0 fully saturated rings. The van der Waals surface area contributed by atoms with Crippen LogP contribution in [0.2, 0.25) is 0 Å². The number of hydrogen-bond acceptors (Lipinski definition) is 6. The highest BCUT2D eigenvalue weighted by molar-refractivity contribution is 5.94. The number of benzene rings is 2. The quantitative estimate of drug-likeness (QED) is 0.484. The summed E-state index contributed by atoms with van der Waals surface area (Å²) in [4.78, 5) is 12.4. The van der Waals surface area contributed by atoms with Gasteiger partial charge in [-0.05, 0) is 49.7 Å². The third kappa shape index (κ3) is 7.29. The summed E-state index contributed by atoms with van der Waals surface area (Å²) in [5.41, 5.74) is 12.5. The summed E-state index contributed by atoms with van der Waals surface area (Å²) in [5.74, 6) is 1.96. The maximum Gasteiger partial charge on any atom is 0.251 e. The van der Waals surface area contributed by atoms with Crippen LogP contribution >= 0.6 is 24.8 Å². The summed E-state index contributed by atoms with van der Waals surface area (Å²) in [5, 5.41) is 2.87. The van der Waals surface area contributed by atoms with Crippen LogP contribution in [0.1, 0.15) is 28.8 Å². The number of hydrogen-bond donors (Lipinski definition) is 3. The number of carbonyl (C=O) groups excluding carboxylic acids is 1. The molecule has 2 aromatic rings. The fourth-order valence-electron chi connectivity index (χ4n) is 2.62. The van der Waals surface area contributed by atoms with Gasteiger partial charge in [-0.3, -0.25) is 4.79 Å². The van der Waals surface area contributed by atoms with Gasteiger partial charge in [-0.1, -0.05) is 6.07 Å². The Kier molecular flexibility index (Phi) is 12.8. The minimum Gasteiger partial charge on any atom is -0.496 e. The van der Waals surface area contributed by atoms with E-state index in [1.54, 1.807) is 38.5 Å². The Morgan fingerprint density at radius 1 is 0.931 bits per heavy atom. The normalized spacial score (nSPS) is 9.66. The van der Waals surface area contributed by atoms with Crippen molar-refractivity contribution in [1.29, 1.82) is 0 Å². The molecule has 0 unspecified atom stereocenters. The highest BCUT2D eigenvalue weighted by Crippen LogP contribution is 2.36. The van der Waals surface area contributed by atoms with Crippen LogP contribution < -0.4 is 31.0 Å². The Bertz CT molecular complexity index is 775. The van der Waals surface area contributed by atoms with Gasteiger partial charge in [-0.25, -0.2) is 0 Å².